The third kappa shape index (κ3) is 21.8. The Morgan fingerprint density at radius 1 is 0.426 bits per heavy atom. The van der Waals surface area contributed by atoms with Crippen LogP contribution in [0.15, 0.2) is 0 Å². The molecule has 348 valence electrons. The molecule has 0 amide bonds. The average Bonchev–Trinajstić information content (AvgIpc) is 3.01. The van der Waals surface area contributed by atoms with Gasteiger partial charge in [0.25, 0.3) is 0 Å². The molecule has 1 atom stereocenters. The molecule has 1 unspecified atom stereocenters. The molecule has 0 radical (unpaired) electrons. The van der Waals surface area contributed by atoms with E-state index in [0.717, 1.165) is 4.90 Å². The lowest BCUT2D eigenvalue weighted by atomic mass is 10.1. The highest BCUT2D eigenvalue weighted by Crippen LogP contribution is 2.30. The van der Waals surface area contributed by atoms with Gasteiger partial charge >= 0.3 is 35.8 Å². The molecule has 1 aromatic carbocycles. The van der Waals surface area contributed by atoms with E-state index in [1.807, 2.05) is 0 Å². The molecule has 0 spiro atoms. The Hall–Kier alpha value is -4.43. The molecule has 0 bridgehead atoms. The summed E-state index contributed by atoms with van der Waals surface area (Å²) in [5.74, 6) is -20.6. The van der Waals surface area contributed by atoms with Crippen molar-refractivity contribution in [3.8, 4) is 5.75 Å². The first kappa shape index (κ1) is 54.6. The van der Waals surface area contributed by atoms with Crippen LogP contribution in [0.3, 0.4) is 0 Å². The minimum absolute atomic E-state index is 0.251. The van der Waals surface area contributed by atoms with Crippen molar-refractivity contribution in [1.29, 1.82) is 0 Å². The van der Waals surface area contributed by atoms with Crippen molar-refractivity contribution < 1.29 is 79.1 Å². The molecule has 0 N–H and O–H groups in total. The van der Waals surface area contributed by atoms with Crippen molar-refractivity contribution in [1.82, 2.24) is 14.7 Å². The van der Waals surface area contributed by atoms with Crippen LogP contribution in [0.1, 0.15) is 104 Å². The summed E-state index contributed by atoms with van der Waals surface area (Å²) in [6, 6.07) is -2.05. The maximum atomic E-state index is 14.9. The van der Waals surface area contributed by atoms with Crippen LogP contribution in [0.2, 0.25) is 0 Å². The summed E-state index contributed by atoms with van der Waals surface area (Å²) in [5.41, 5.74) is -5.13. The zero-order valence-corrected chi connectivity index (χ0v) is 37.9. The van der Waals surface area contributed by atoms with E-state index in [9.17, 15) is 50.7 Å². The van der Waals surface area contributed by atoms with Crippen LogP contribution in [-0.2, 0) is 52.5 Å². The molecule has 15 nitrogen and oxygen atoms in total. The molecule has 1 rings (SSSR count). The zero-order chi connectivity index (χ0) is 47.6. The Labute approximate surface area is 354 Å². The standard InChI is InChI=1S/C41H62F5N3O12/c1-37(2,3)57-25(50)19-47(16-17-48(20-26(51)58-38(4,5)6)21-27(52)59-39(7,8)9)18-24(36(55)56-35-33(45)31(43)30(42)32(44)34(35)46)49(22-28(53)60-40(10,11)12)23-29(54)61-41(13,14)15/h24H,16-23H2,1-15H3. The van der Waals surface area contributed by atoms with Crippen LogP contribution in [0.25, 0.3) is 0 Å². The molecule has 0 aliphatic heterocycles. The molecule has 0 saturated heterocycles. The predicted molar refractivity (Wildman–Crippen MR) is 209 cm³/mol. The molecule has 0 saturated carbocycles. The first-order valence-electron chi connectivity index (χ1n) is 19.4. The van der Waals surface area contributed by atoms with Crippen molar-refractivity contribution in [2.45, 2.75) is 138 Å². The van der Waals surface area contributed by atoms with E-state index in [1.165, 1.54) is 51.3 Å². The van der Waals surface area contributed by atoms with Gasteiger partial charge in [0.05, 0.1) is 32.7 Å². The number of nitrogens with zero attached hydrogens (tertiary/aromatic N) is 3. The summed E-state index contributed by atoms with van der Waals surface area (Å²) in [5, 5.41) is 0. The number of benzene rings is 1. The fraction of sp³-hybridized carbons (Fsp3) is 0.707. The SMILES string of the molecule is CC(C)(C)OC(=O)CN(CCN(CC(=O)OC(C)(C)C)CC(C(=O)Oc1c(F)c(F)c(F)c(F)c1F)N(CC(=O)OC(C)(C)C)CC(=O)OC(C)(C)C)CC(=O)OC(C)(C)C. The third-order valence-corrected chi connectivity index (χ3v) is 7.07. The highest BCUT2D eigenvalue weighted by Gasteiger charge is 2.38. The number of hydrogen-bond donors (Lipinski definition) is 0. The lowest BCUT2D eigenvalue weighted by Gasteiger charge is -2.35. The molecular formula is C41H62F5N3O12. The second-order valence-corrected chi connectivity index (χ2v) is 19.1. The number of carbonyl (C=O) groups is 6. The maximum Gasteiger partial charge on any atom is 0.330 e. The van der Waals surface area contributed by atoms with Gasteiger partial charge < -0.3 is 28.4 Å². The Kier molecular flexibility index (Phi) is 19.3. The normalized spacial score (nSPS) is 13.2. The first-order chi connectivity index (χ1) is 27.4. The van der Waals surface area contributed by atoms with Gasteiger partial charge in [-0.25, -0.2) is 18.0 Å². The van der Waals surface area contributed by atoms with Gasteiger partial charge in [0, 0.05) is 19.6 Å². The predicted octanol–water partition coefficient (Wildman–Crippen LogP) is 5.27. The topological polar surface area (TPSA) is 168 Å². The molecule has 0 aliphatic carbocycles. The van der Waals surface area contributed by atoms with Crippen molar-refractivity contribution >= 4 is 35.8 Å². The molecule has 20 heteroatoms. The molecule has 0 fully saturated rings. The summed E-state index contributed by atoms with van der Waals surface area (Å²) in [6.07, 6.45) is 0. The monoisotopic (exact) mass is 883 g/mol. The van der Waals surface area contributed by atoms with Crippen LogP contribution in [0.5, 0.6) is 5.75 Å². The zero-order valence-electron chi connectivity index (χ0n) is 37.9. The molecular weight excluding hydrogens is 821 g/mol. The highest BCUT2D eigenvalue weighted by atomic mass is 19.2. The van der Waals surface area contributed by atoms with Crippen LogP contribution in [0.4, 0.5) is 22.0 Å². The van der Waals surface area contributed by atoms with E-state index in [-0.39, 0.29) is 13.1 Å². The van der Waals surface area contributed by atoms with Gasteiger partial charge in [0.2, 0.25) is 34.8 Å². The van der Waals surface area contributed by atoms with Crippen molar-refractivity contribution in [2.75, 3.05) is 52.4 Å². The van der Waals surface area contributed by atoms with E-state index in [0.29, 0.717) is 0 Å². The summed E-state index contributed by atoms with van der Waals surface area (Å²) in [4.78, 5) is 83.3. The van der Waals surface area contributed by atoms with Crippen LogP contribution in [0, 0.1) is 29.1 Å². The van der Waals surface area contributed by atoms with Gasteiger partial charge in [-0.2, -0.15) is 8.78 Å². The van der Waals surface area contributed by atoms with E-state index < -0.39 is 144 Å². The Balaban J connectivity index is 4.00. The fourth-order valence-electron chi connectivity index (χ4n) is 5.18. The quantitative estimate of drug-likeness (QED) is 0.0467. The van der Waals surface area contributed by atoms with Gasteiger partial charge in [-0.05, 0) is 104 Å². The summed E-state index contributed by atoms with van der Waals surface area (Å²) >= 11 is 0. The first-order valence-corrected chi connectivity index (χ1v) is 19.4. The summed E-state index contributed by atoms with van der Waals surface area (Å²) < 4.78 is 104. The number of ether oxygens (including phenoxy) is 6. The van der Waals surface area contributed by atoms with Crippen LogP contribution in [-0.4, -0.2) is 137 Å². The number of carbonyl (C=O) groups excluding carboxylic acids is 6. The minimum atomic E-state index is -2.53. The van der Waals surface area contributed by atoms with E-state index >= 15 is 0 Å². The van der Waals surface area contributed by atoms with Crippen molar-refractivity contribution in [2.24, 2.45) is 0 Å². The molecule has 0 aromatic heterocycles. The smallest absolute Gasteiger partial charge is 0.330 e. The Bertz CT molecular complexity index is 1650. The van der Waals surface area contributed by atoms with Crippen molar-refractivity contribution in [3.05, 3.63) is 29.1 Å². The van der Waals surface area contributed by atoms with Gasteiger partial charge in [0.1, 0.15) is 34.0 Å². The Morgan fingerprint density at radius 3 is 1.00 bits per heavy atom. The molecule has 0 aliphatic rings. The van der Waals surface area contributed by atoms with E-state index in [1.54, 1.807) is 62.3 Å². The fourth-order valence-corrected chi connectivity index (χ4v) is 5.18. The average molecular weight is 884 g/mol. The molecule has 61 heavy (non-hydrogen) atoms. The maximum absolute atomic E-state index is 14.9. The highest BCUT2D eigenvalue weighted by molar-refractivity contribution is 5.82. The van der Waals surface area contributed by atoms with E-state index in [4.69, 9.17) is 28.4 Å². The number of esters is 6. The largest absolute Gasteiger partial charge is 0.459 e. The Morgan fingerprint density at radius 2 is 0.689 bits per heavy atom. The van der Waals surface area contributed by atoms with Gasteiger partial charge in [-0.3, -0.25) is 38.7 Å². The lowest BCUT2D eigenvalue weighted by Crippen LogP contribution is -2.56. The summed E-state index contributed by atoms with van der Waals surface area (Å²) in [6.45, 7) is 18.7. The number of hydrogen-bond acceptors (Lipinski definition) is 15. The molecule has 1 aromatic rings. The van der Waals surface area contributed by atoms with Crippen molar-refractivity contribution in [3.63, 3.8) is 0 Å². The van der Waals surface area contributed by atoms with Gasteiger partial charge in [0.15, 0.2) is 0 Å². The van der Waals surface area contributed by atoms with Crippen LogP contribution >= 0.6 is 0 Å². The number of halogens is 5. The third-order valence-electron chi connectivity index (χ3n) is 7.07. The molecule has 0 heterocycles. The lowest BCUT2D eigenvalue weighted by molar-refractivity contribution is -0.164. The second kappa shape index (κ2) is 21.6. The summed E-state index contributed by atoms with van der Waals surface area (Å²) in [7, 11) is 0. The van der Waals surface area contributed by atoms with Crippen LogP contribution < -0.4 is 4.74 Å². The van der Waals surface area contributed by atoms with Gasteiger partial charge in [-0.1, -0.05) is 0 Å². The van der Waals surface area contributed by atoms with E-state index in [2.05, 4.69) is 0 Å². The minimum Gasteiger partial charge on any atom is -0.459 e. The second-order valence-electron chi connectivity index (χ2n) is 19.1. The number of rotatable bonds is 18. The van der Waals surface area contributed by atoms with Gasteiger partial charge in [-0.15, -0.1) is 0 Å².